The number of rotatable bonds is 2. The second-order valence-corrected chi connectivity index (χ2v) is 9.84. The molecule has 1 fully saturated rings. The van der Waals surface area contributed by atoms with Crippen LogP contribution in [0.3, 0.4) is 0 Å². The minimum Gasteiger partial charge on any atom is -0.507 e. The van der Waals surface area contributed by atoms with Crippen LogP contribution in [0.1, 0.15) is 30.8 Å². The third-order valence-corrected chi connectivity index (χ3v) is 7.02. The number of phenols is 1. The number of aromatic hydroxyl groups is 1. The van der Waals surface area contributed by atoms with E-state index in [4.69, 9.17) is 9.90 Å². The molecule has 2 aliphatic rings. The summed E-state index contributed by atoms with van der Waals surface area (Å²) in [6.45, 7) is 7.06. The summed E-state index contributed by atoms with van der Waals surface area (Å²) in [6, 6.07) is 5.39. The largest absolute Gasteiger partial charge is 0.507 e. The van der Waals surface area contributed by atoms with Crippen LogP contribution >= 0.6 is 11.3 Å². The van der Waals surface area contributed by atoms with E-state index in [9.17, 15) is 5.11 Å². The van der Waals surface area contributed by atoms with Crippen molar-refractivity contribution in [1.82, 2.24) is 20.5 Å². The summed E-state index contributed by atoms with van der Waals surface area (Å²) >= 11 is 1.59. The molecule has 2 aliphatic heterocycles. The molecule has 0 aliphatic carbocycles. The highest BCUT2D eigenvalue weighted by atomic mass is 32.1. The van der Waals surface area contributed by atoms with Gasteiger partial charge in [-0.2, -0.15) is 0 Å². The van der Waals surface area contributed by atoms with Crippen LogP contribution < -0.4 is 10.2 Å². The average molecular weight is 460 g/mol. The standard InChI is InChI=1S/C21H24FN5OS.CH2O2/c1-11-24-15-10-17(28)13(9-18(15)29-11)14-8-12-5-7-27(20(12)26-25-14)16-4-6-23-21(2,3)19(16)22;2-1-3/h8-10,16,19,23,28H,4-7H2,1-3H3;1H,(H,2,3)/t16-,19-;/m0./s1. The summed E-state index contributed by atoms with van der Waals surface area (Å²) in [5, 5.41) is 30.5. The normalized spacial score (nSPS) is 21.7. The first-order valence-corrected chi connectivity index (χ1v) is 11.3. The fourth-order valence-electron chi connectivity index (χ4n) is 4.52. The van der Waals surface area contributed by atoms with Crippen molar-refractivity contribution in [3.05, 3.63) is 28.8 Å². The fourth-order valence-corrected chi connectivity index (χ4v) is 5.36. The lowest BCUT2D eigenvalue weighted by atomic mass is 9.86. The summed E-state index contributed by atoms with van der Waals surface area (Å²) in [5.41, 5.74) is 2.59. The number of halogens is 1. The third-order valence-electron chi connectivity index (χ3n) is 6.08. The van der Waals surface area contributed by atoms with Gasteiger partial charge in [0.05, 0.1) is 27.0 Å². The highest BCUT2D eigenvalue weighted by Crippen LogP contribution is 2.38. The Bertz CT molecular complexity index is 1150. The second kappa shape index (κ2) is 8.59. The first kappa shape index (κ1) is 22.3. The molecule has 0 spiro atoms. The molecule has 170 valence electrons. The molecule has 0 radical (unpaired) electrons. The van der Waals surface area contributed by atoms with E-state index in [0.29, 0.717) is 11.3 Å². The molecule has 1 saturated heterocycles. The Morgan fingerprint density at radius 1 is 1.31 bits per heavy atom. The number of anilines is 1. The number of thiazole rings is 1. The molecule has 3 N–H and O–H groups in total. The second-order valence-electron chi connectivity index (χ2n) is 8.60. The Morgan fingerprint density at radius 2 is 2.06 bits per heavy atom. The maximum Gasteiger partial charge on any atom is 0.290 e. The van der Waals surface area contributed by atoms with Gasteiger partial charge in [-0.05, 0) is 52.3 Å². The zero-order valence-corrected chi connectivity index (χ0v) is 19.0. The van der Waals surface area contributed by atoms with Crippen LogP contribution in [0.15, 0.2) is 18.2 Å². The van der Waals surface area contributed by atoms with Gasteiger partial charge in [0, 0.05) is 29.3 Å². The lowest BCUT2D eigenvalue weighted by Crippen LogP contribution is -2.62. The van der Waals surface area contributed by atoms with E-state index < -0.39 is 11.7 Å². The Morgan fingerprint density at radius 3 is 2.81 bits per heavy atom. The molecule has 2 atom stereocenters. The first-order valence-electron chi connectivity index (χ1n) is 10.5. The van der Waals surface area contributed by atoms with Gasteiger partial charge in [-0.3, -0.25) is 4.79 Å². The molecule has 4 heterocycles. The van der Waals surface area contributed by atoms with Gasteiger partial charge in [0.1, 0.15) is 11.9 Å². The zero-order chi connectivity index (χ0) is 23.0. The number of aryl methyl sites for hydroxylation is 1. The van der Waals surface area contributed by atoms with Gasteiger partial charge in [0.25, 0.3) is 6.47 Å². The summed E-state index contributed by atoms with van der Waals surface area (Å²) < 4.78 is 16.1. The van der Waals surface area contributed by atoms with Crippen LogP contribution in [0.2, 0.25) is 0 Å². The number of carbonyl (C=O) groups is 1. The smallest absolute Gasteiger partial charge is 0.290 e. The minimum atomic E-state index is -0.982. The number of benzene rings is 1. The van der Waals surface area contributed by atoms with Gasteiger partial charge < -0.3 is 20.4 Å². The number of hydrogen-bond acceptors (Lipinski definition) is 8. The number of fused-ring (bicyclic) bond motifs is 2. The summed E-state index contributed by atoms with van der Waals surface area (Å²) in [4.78, 5) is 14.9. The minimum absolute atomic E-state index is 0.149. The van der Waals surface area contributed by atoms with Crippen molar-refractivity contribution in [2.45, 2.75) is 51.4 Å². The van der Waals surface area contributed by atoms with E-state index in [1.54, 1.807) is 17.4 Å². The lowest BCUT2D eigenvalue weighted by Gasteiger charge is -2.44. The Kier molecular flexibility index (Phi) is 6.00. The van der Waals surface area contributed by atoms with E-state index >= 15 is 4.39 Å². The van der Waals surface area contributed by atoms with Gasteiger partial charge in [0.2, 0.25) is 0 Å². The maximum absolute atomic E-state index is 15.1. The molecule has 2 aromatic heterocycles. The quantitative estimate of drug-likeness (QED) is 0.501. The maximum atomic E-state index is 15.1. The number of alkyl halides is 1. The highest BCUT2D eigenvalue weighted by molar-refractivity contribution is 7.18. The van der Waals surface area contributed by atoms with Crippen LogP contribution in [0.5, 0.6) is 5.75 Å². The van der Waals surface area contributed by atoms with E-state index in [2.05, 4.69) is 25.4 Å². The number of phenolic OH excluding ortho intramolecular Hbond substituents is 1. The zero-order valence-electron chi connectivity index (χ0n) is 18.2. The SMILES string of the molecule is Cc1nc2cc(O)c(-c3cc4c(nn3)N([C@H]3CCNC(C)(C)[C@H]3F)CC4)cc2s1.O=CO. The number of piperidine rings is 1. The van der Waals surface area contributed by atoms with E-state index in [1.165, 1.54) is 0 Å². The van der Waals surface area contributed by atoms with Crippen LogP contribution in [0.25, 0.3) is 21.5 Å². The highest BCUT2D eigenvalue weighted by Gasteiger charge is 2.44. The summed E-state index contributed by atoms with van der Waals surface area (Å²) in [6.07, 6.45) is 0.567. The molecule has 0 bridgehead atoms. The molecular weight excluding hydrogens is 433 g/mol. The van der Waals surface area contributed by atoms with Crippen molar-refractivity contribution in [3.63, 3.8) is 0 Å². The molecule has 3 aromatic rings. The van der Waals surface area contributed by atoms with Gasteiger partial charge in [-0.1, -0.05) is 0 Å². The van der Waals surface area contributed by atoms with Crippen molar-refractivity contribution >= 4 is 33.8 Å². The molecule has 8 nitrogen and oxygen atoms in total. The van der Waals surface area contributed by atoms with E-state index in [0.717, 1.165) is 52.5 Å². The molecule has 0 saturated carbocycles. The topological polar surface area (TPSA) is 111 Å². The van der Waals surface area contributed by atoms with E-state index in [-0.39, 0.29) is 18.3 Å². The molecule has 0 amide bonds. The number of nitrogens with one attached hydrogen (secondary N) is 1. The van der Waals surface area contributed by atoms with Crippen molar-refractivity contribution in [2.24, 2.45) is 0 Å². The Labute approximate surface area is 189 Å². The van der Waals surface area contributed by atoms with Crippen molar-refractivity contribution in [1.29, 1.82) is 0 Å². The van der Waals surface area contributed by atoms with Crippen LogP contribution in [-0.4, -0.2) is 62.7 Å². The summed E-state index contributed by atoms with van der Waals surface area (Å²) in [5.74, 6) is 0.920. The number of nitrogens with zero attached hydrogens (tertiary/aromatic N) is 4. The van der Waals surface area contributed by atoms with Gasteiger partial charge in [0.15, 0.2) is 5.82 Å². The number of carboxylic acid groups (broad SMARTS) is 1. The lowest BCUT2D eigenvalue weighted by molar-refractivity contribution is -0.122. The van der Waals surface area contributed by atoms with Crippen LogP contribution in [0.4, 0.5) is 10.2 Å². The van der Waals surface area contributed by atoms with Crippen LogP contribution in [-0.2, 0) is 11.2 Å². The van der Waals surface area contributed by atoms with Crippen LogP contribution in [0, 0.1) is 6.92 Å². The molecule has 32 heavy (non-hydrogen) atoms. The summed E-state index contributed by atoms with van der Waals surface area (Å²) in [7, 11) is 0. The number of hydrogen-bond donors (Lipinski definition) is 3. The Balaban J connectivity index is 0.000000775. The molecular formula is C22H26FN5O3S. The van der Waals surface area contributed by atoms with Crippen molar-refractivity contribution in [3.8, 4) is 17.0 Å². The predicted molar refractivity (Wildman–Crippen MR) is 122 cm³/mol. The Hall–Kier alpha value is -2.85. The molecule has 0 unspecified atom stereocenters. The monoisotopic (exact) mass is 459 g/mol. The molecule has 10 heteroatoms. The molecule has 1 aromatic carbocycles. The fraction of sp³-hybridized carbons (Fsp3) is 0.455. The van der Waals surface area contributed by atoms with Gasteiger partial charge in [-0.15, -0.1) is 21.5 Å². The van der Waals surface area contributed by atoms with Gasteiger partial charge >= 0.3 is 0 Å². The van der Waals surface area contributed by atoms with Gasteiger partial charge in [-0.25, -0.2) is 9.37 Å². The van der Waals surface area contributed by atoms with E-state index in [1.807, 2.05) is 32.9 Å². The third kappa shape index (κ3) is 4.00. The predicted octanol–water partition coefficient (Wildman–Crippen LogP) is 3.31. The average Bonchev–Trinajstić information content (AvgIpc) is 3.31. The first-order chi connectivity index (χ1) is 15.2. The van der Waals surface area contributed by atoms with Crippen molar-refractivity contribution in [2.75, 3.05) is 18.0 Å². The van der Waals surface area contributed by atoms with Crippen molar-refractivity contribution < 1.29 is 19.4 Å². The number of aromatic nitrogens is 3. The molecule has 5 rings (SSSR count).